The van der Waals surface area contributed by atoms with Crippen LogP contribution in [0.2, 0.25) is 0 Å². The largest absolute Gasteiger partial charge is 0.327 e. The Bertz CT molecular complexity index is 1090. The van der Waals surface area contributed by atoms with Gasteiger partial charge in [0.2, 0.25) is 0 Å². The zero-order chi connectivity index (χ0) is 22.3. The average Bonchev–Trinajstić information content (AvgIpc) is 2.83. The van der Waals surface area contributed by atoms with Gasteiger partial charge in [-0.3, -0.25) is 0 Å². The molecular weight excluding hydrogens is 406 g/mol. The van der Waals surface area contributed by atoms with E-state index in [9.17, 15) is 13.6 Å². The number of benzene rings is 4. The fraction of sp³-hybridized carbons (Fsp3) is 0.0741. The minimum atomic E-state index is -0.713. The van der Waals surface area contributed by atoms with Crippen LogP contribution < -0.4 is 10.6 Å². The van der Waals surface area contributed by atoms with E-state index >= 15 is 0 Å². The van der Waals surface area contributed by atoms with E-state index in [2.05, 4.69) is 10.6 Å². The lowest BCUT2D eigenvalue weighted by molar-refractivity contribution is 0.236. The summed E-state index contributed by atoms with van der Waals surface area (Å²) >= 11 is 0. The molecule has 0 fully saturated rings. The molecule has 4 aromatic rings. The van der Waals surface area contributed by atoms with Crippen molar-refractivity contribution in [3.8, 4) is 0 Å². The summed E-state index contributed by atoms with van der Waals surface area (Å²) in [6, 6.07) is 29.0. The van der Waals surface area contributed by atoms with Gasteiger partial charge in [0.05, 0.1) is 12.1 Å². The number of urea groups is 1. The van der Waals surface area contributed by atoms with Crippen LogP contribution in [-0.4, -0.2) is 6.03 Å². The fourth-order valence-electron chi connectivity index (χ4n) is 3.69. The number of carbonyl (C=O) groups excluding carboxylic acids is 1. The van der Waals surface area contributed by atoms with Gasteiger partial charge in [-0.15, -0.1) is 0 Å². The monoisotopic (exact) mass is 428 g/mol. The number of hydrogen-bond donors (Lipinski definition) is 2. The van der Waals surface area contributed by atoms with E-state index in [0.717, 1.165) is 11.1 Å². The SMILES string of the molecule is O=C(N[C@H](c1ccccc1)c1ccccc1F)N[C@H](c1ccccc1)c1ccccc1F. The molecule has 0 spiro atoms. The number of nitrogens with one attached hydrogen (secondary N) is 2. The number of amides is 2. The minimum absolute atomic E-state index is 0.344. The van der Waals surface area contributed by atoms with Crippen LogP contribution in [0.3, 0.4) is 0 Å². The second kappa shape index (κ2) is 9.88. The number of carbonyl (C=O) groups is 1. The third-order valence-electron chi connectivity index (χ3n) is 5.25. The van der Waals surface area contributed by atoms with Gasteiger partial charge in [-0.2, -0.15) is 0 Å². The van der Waals surface area contributed by atoms with Crippen molar-refractivity contribution in [3.63, 3.8) is 0 Å². The first-order chi connectivity index (χ1) is 15.6. The normalized spacial score (nSPS) is 12.6. The van der Waals surface area contributed by atoms with E-state index in [-0.39, 0.29) is 0 Å². The van der Waals surface area contributed by atoms with Gasteiger partial charge < -0.3 is 10.6 Å². The zero-order valence-electron chi connectivity index (χ0n) is 17.2. The van der Waals surface area contributed by atoms with E-state index in [4.69, 9.17) is 0 Å². The molecule has 0 unspecified atom stereocenters. The van der Waals surface area contributed by atoms with Crippen molar-refractivity contribution in [3.05, 3.63) is 143 Å². The van der Waals surface area contributed by atoms with Crippen LogP contribution in [-0.2, 0) is 0 Å². The topological polar surface area (TPSA) is 41.1 Å². The Morgan fingerprint density at radius 3 is 1.25 bits per heavy atom. The molecule has 2 amide bonds. The summed E-state index contributed by atoms with van der Waals surface area (Å²) in [6.45, 7) is 0. The summed E-state index contributed by atoms with van der Waals surface area (Å²) in [4.78, 5) is 13.1. The molecule has 160 valence electrons. The molecule has 0 aliphatic rings. The first-order valence-electron chi connectivity index (χ1n) is 10.3. The van der Waals surface area contributed by atoms with Crippen LogP contribution in [0.5, 0.6) is 0 Å². The van der Waals surface area contributed by atoms with Gasteiger partial charge in [-0.05, 0) is 23.3 Å². The highest BCUT2D eigenvalue weighted by Gasteiger charge is 2.24. The van der Waals surface area contributed by atoms with Crippen molar-refractivity contribution >= 4 is 6.03 Å². The van der Waals surface area contributed by atoms with Crippen molar-refractivity contribution in [2.75, 3.05) is 0 Å². The number of halogens is 2. The molecular formula is C27H22F2N2O. The lowest BCUT2D eigenvalue weighted by Crippen LogP contribution is -2.41. The van der Waals surface area contributed by atoms with E-state index in [1.165, 1.54) is 12.1 Å². The molecule has 5 heteroatoms. The molecule has 0 radical (unpaired) electrons. The zero-order valence-corrected chi connectivity index (χ0v) is 17.2. The molecule has 0 bridgehead atoms. The first kappa shape index (κ1) is 21.2. The third-order valence-corrected chi connectivity index (χ3v) is 5.25. The van der Waals surface area contributed by atoms with Gasteiger partial charge in [0.15, 0.2) is 0 Å². The summed E-state index contributed by atoms with van der Waals surface area (Å²) in [7, 11) is 0. The first-order valence-corrected chi connectivity index (χ1v) is 10.3. The number of hydrogen-bond acceptors (Lipinski definition) is 1. The molecule has 2 N–H and O–H groups in total. The van der Waals surface area contributed by atoms with Gasteiger partial charge in [-0.25, -0.2) is 13.6 Å². The Balaban J connectivity index is 1.65. The Hall–Kier alpha value is -3.99. The maximum Gasteiger partial charge on any atom is 0.316 e. The van der Waals surface area contributed by atoms with Crippen molar-refractivity contribution in [2.24, 2.45) is 0 Å². The lowest BCUT2D eigenvalue weighted by atomic mass is 9.97. The molecule has 32 heavy (non-hydrogen) atoms. The predicted molar refractivity (Wildman–Crippen MR) is 121 cm³/mol. The highest BCUT2D eigenvalue weighted by atomic mass is 19.1. The second-order valence-corrected chi connectivity index (χ2v) is 7.35. The van der Waals surface area contributed by atoms with Gasteiger partial charge in [-0.1, -0.05) is 97.1 Å². The van der Waals surface area contributed by atoms with Crippen LogP contribution in [0.15, 0.2) is 109 Å². The standard InChI is InChI=1S/C27H22F2N2O/c28-23-17-9-7-15-21(23)25(19-11-3-1-4-12-19)30-27(32)31-26(20-13-5-2-6-14-20)22-16-8-10-18-24(22)29/h1-18,25-26H,(H2,30,31,32)/t25-,26-/m1/s1. The maximum atomic E-state index is 14.6. The van der Waals surface area contributed by atoms with Gasteiger partial charge in [0.25, 0.3) is 0 Å². The highest BCUT2D eigenvalue weighted by molar-refractivity contribution is 5.76. The second-order valence-electron chi connectivity index (χ2n) is 7.35. The van der Waals surface area contributed by atoms with E-state index in [0.29, 0.717) is 11.1 Å². The molecule has 4 rings (SSSR count). The molecule has 0 saturated carbocycles. The van der Waals surface area contributed by atoms with Crippen LogP contribution in [0.25, 0.3) is 0 Å². The van der Waals surface area contributed by atoms with Gasteiger partial charge >= 0.3 is 6.03 Å². The van der Waals surface area contributed by atoms with Crippen molar-refractivity contribution in [1.82, 2.24) is 10.6 Å². The maximum absolute atomic E-state index is 14.6. The van der Waals surface area contributed by atoms with Crippen molar-refractivity contribution in [1.29, 1.82) is 0 Å². The summed E-state index contributed by atoms with van der Waals surface area (Å²) in [5.41, 5.74) is 2.15. The third kappa shape index (κ3) is 4.83. The van der Waals surface area contributed by atoms with Crippen LogP contribution in [0, 0.1) is 11.6 Å². The Kier molecular flexibility index (Phi) is 6.56. The van der Waals surface area contributed by atoms with E-state index in [1.807, 2.05) is 60.7 Å². The van der Waals surface area contributed by atoms with Crippen LogP contribution in [0.1, 0.15) is 34.3 Å². The molecule has 4 aromatic carbocycles. The summed E-state index contributed by atoms with van der Waals surface area (Å²) in [5.74, 6) is -0.842. The molecule has 0 aromatic heterocycles. The minimum Gasteiger partial charge on any atom is -0.327 e. The average molecular weight is 428 g/mol. The van der Waals surface area contributed by atoms with E-state index in [1.54, 1.807) is 36.4 Å². The molecule has 0 aliphatic heterocycles. The van der Waals surface area contributed by atoms with Crippen LogP contribution in [0.4, 0.5) is 13.6 Å². The number of rotatable bonds is 6. The van der Waals surface area contributed by atoms with Crippen LogP contribution >= 0.6 is 0 Å². The summed E-state index contributed by atoms with van der Waals surface area (Å²) in [5, 5.41) is 5.73. The molecule has 3 nitrogen and oxygen atoms in total. The van der Waals surface area contributed by atoms with E-state index < -0.39 is 29.7 Å². The van der Waals surface area contributed by atoms with Gasteiger partial charge in [0, 0.05) is 11.1 Å². The summed E-state index contributed by atoms with van der Waals surface area (Å²) in [6.07, 6.45) is 0. The smallest absolute Gasteiger partial charge is 0.316 e. The lowest BCUT2D eigenvalue weighted by Gasteiger charge is -2.24. The Morgan fingerprint density at radius 2 is 0.875 bits per heavy atom. The molecule has 2 atom stereocenters. The van der Waals surface area contributed by atoms with Crippen molar-refractivity contribution < 1.29 is 13.6 Å². The molecule has 0 saturated heterocycles. The molecule has 0 heterocycles. The fourth-order valence-corrected chi connectivity index (χ4v) is 3.69. The summed E-state index contributed by atoms with van der Waals surface area (Å²) < 4.78 is 29.2. The quantitative estimate of drug-likeness (QED) is 0.380. The molecule has 0 aliphatic carbocycles. The Morgan fingerprint density at radius 1 is 0.531 bits per heavy atom. The Labute approximate surface area is 185 Å². The van der Waals surface area contributed by atoms with Gasteiger partial charge in [0.1, 0.15) is 11.6 Å². The van der Waals surface area contributed by atoms with Crippen molar-refractivity contribution in [2.45, 2.75) is 12.1 Å². The highest BCUT2D eigenvalue weighted by Crippen LogP contribution is 2.27. The predicted octanol–water partition coefficient (Wildman–Crippen LogP) is 6.14.